The number of H-pyrrole nitrogens is 1. The second-order valence-electron chi connectivity index (χ2n) is 8.98. The summed E-state index contributed by atoms with van der Waals surface area (Å²) in [6.45, 7) is 0. The quantitative estimate of drug-likeness (QED) is 0.397. The summed E-state index contributed by atoms with van der Waals surface area (Å²) < 4.78 is 0. The Morgan fingerprint density at radius 2 is 1.47 bits per heavy atom. The molecule has 1 aromatic heterocycles. The lowest BCUT2D eigenvalue weighted by molar-refractivity contribution is 0.180. The molecule has 178 valence electrons. The SMILES string of the molecule is N#CC1=C(N)Nc2[nH]c(=O)sc2C12CC(c1ccccc1Cl)C(C#N)(C#N)C(c1ccccc1Cl)C2. The molecule has 0 saturated heterocycles. The molecular weight excluding hydrogens is 515 g/mol. The van der Waals surface area contributed by atoms with Gasteiger partial charge in [0, 0.05) is 27.3 Å². The number of nitrogens with one attached hydrogen (secondary N) is 2. The summed E-state index contributed by atoms with van der Waals surface area (Å²) in [6.07, 6.45) is 0.343. The Balaban J connectivity index is 1.88. The van der Waals surface area contributed by atoms with Crippen LogP contribution in [0, 0.1) is 39.4 Å². The number of aromatic amines is 1. The van der Waals surface area contributed by atoms with E-state index < -0.39 is 22.7 Å². The van der Waals surface area contributed by atoms with Gasteiger partial charge in [-0.05, 0) is 36.1 Å². The third-order valence-corrected chi connectivity index (χ3v) is 9.11. The Labute approximate surface area is 221 Å². The third-order valence-electron chi connectivity index (χ3n) is 7.34. The summed E-state index contributed by atoms with van der Waals surface area (Å²) in [4.78, 5) is 15.5. The molecule has 2 aromatic carbocycles. The number of allylic oxidation sites excluding steroid dienone is 1. The standard InChI is InChI=1S/C26H18Cl2N6OS/c27-19-7-3-1-5-14(19)16-9-25(18(11-29)22(32)33-23-21(25)36-24(35)34-23)10-17(26(16,12-30)13-31)15-6-2-4-8-20(15)28/h1-8,16-17,33H,9-10,32H2,(H,34,35). The van der Waals surface area contributed by atoms with E-state index in [9.17, 15) is 20.6 Å². The van der Waals surface area contributed by atoms with E-state index in [1.807, 2.05) is 0 Å². The number of thiazole rings is 1. The Morgan fingerprint density at radius 3 is 1.94 bits per heavy atom. The fourth-order valence-corrected chi connectivity index (χ4v) is 7.33. The zero-order valence-electron chi connectivity index (χ0n) is 18.7. The van der Waals surface area contributed by atoms with Crippen LogP contribution in [0.3, 0.4) is 0 Å². The monoisotopic (exact) mass is 532 g/mol. The Hall–Kier alpha value is -3.74. The smallest absolute Gasteiger partial charge is 0.306 e. The summed E-state index contributed by atoms with van der Waals surface area (Å²) in [5.41, 5.74) is 5.17. The van der Waals surface area contributed by atoms with Crippen LogP contribution in [0.5, 0.6) is 0 Å². The van der Waals surface area contributed by atoms with Crippen LogP contribution in [0.2, 0.25) is 10.0 Å². The van der Waals surface area contributed by atoms with E-state index in [2.05, 4.69) is 28.5 Å². The normalized spacial score (nSPS) is 24.2. The molecule has 2 atom stereocenters. The number of nitrogens with two attached hydrogens (primary N) is 1. The molecule has 1 saturated carbocycles. The molecule has 1 spiro atoms. The van der Waals surface area contributed by atoms with E-state index in [0.29, 0.717) is 31.9 Å². The molecule has 10 heteroatoms. The van der Waals surface area contributed by atoms with Gasteiger partial charge in [-0.2, -0.15) is 15.8 Å². The van der Waals surface area contributed by atoms with E-state index in [-0.39, 0.29) is 29.1 Å². The molecule has 2 aliphatic rings. The molecule has 2 unspecified atom stereocenters. The Morgan fingerprint density at radius 1 is 0.944 bits per heavy atom. The maximum absolute atomic E-state index is 12.5. The Bertz CT molecular complexity index is 1530. The van der Waals surface area contributed by atoms with Gasteiger partial charge >= 0.3 is 4.87 Å². The molecule has 1 fully saturated rings. The van der Waals surface area contributed by atoms with Crippen molar-refractivity contribution in [2.24, 2.45) is 11.1 Å². The van der Waals surface area contributed by atoms with Crippen molar-refractivity contribution in [1.29, 1.82) is 15.8 Å². The van der Waals surface area contributed by atoms with E-state index >= 15 is 0 Å². The summed E-state index contributed by atoms with van der Waals surface area (Å²) in [6, 6.07) is 21.0. The van der Waals surface area contributed by atoms with Crippen molar-refractivity contribution in [3.63, 3.8) is 0 Å². The fraction of sp³-hybridized carbons (Fsp3) is 0.231. The third kappa shape index (κ3) is 3.33. The Kier molecular flexibility index (Phi) is 5.81. The summed E-state index contributed by atoms with van der Waals surface area (Å²) >= 11 is 14.3. The van der Waals surface area contributed by atoms with Gasteiger partial charge in [0.25, 0.3) is 0 Å². The average molecular weight is 533 g/mol. The molecule has 3 aromatic rings. The maximum Gasteiger partial charge on any atom is 0.306 e. The number of aromatic nitrogens is 1. The lowest BCUT2D eigenvalue weighted by Crippen LogP contribution is -2.49. The van der Waals surface area contributed by atoms with Crippen molar-refractivity contribution in [2.45, 2.75) is 30.1 Å². The van der Waals surface area contributed by atoms with Gasteiger partial charge in [0.2, 0.25) is 0 Å². The number of nitrogens with zero attached hydrogens (tertiary/aromatic N) is 3. The van der Waals surface area contributed by atoms with E-state index in [1.165, 1.54) is 0 Å². The first-order chi connectivity index (χ1) is 17.3. The first-order valence-electron chi connectivity index (χ1n) is 11.0. The zero-order valence-corrected chi connectivity index (χ0v) is 21.0. The minimum atomic E-state index is -1.57. The van der Waals surface area contributed by atoms with Crippen LogP contribution < -0.4 is 15.9 Å². The van der Waals surface area contributed by atoms with Gasteiger partial charge in [-0.1, -0.05) is 70.9 Å². The number of anilines is 1. The minimum Gasteiger partial charge on any atom is -0.384 e. The van der Waals surface area contributed by atoms with Gasteiger partial charge in [-0.25, -0.2) is 0 Å². The first-order valence-corrected chi connectivity index (χ1v) is 12.6. The molecule has 0 bridgehead atoms. The van der Waals surface area contributed by atoms with Crippen LogP contribution in [0.1, 0.15) is 40.7 Å². The molecule has 1 aliphatic carbocycles. The number of rotatable bonds is 2. The molecule has 36 heavy (non-hydrogen) atoms. The number of benzene rings is 2. The predicted molar refractivity (Wildman–Crippen MR) is 138 cm³/mol. The highest BCUT2D eigenvalue weighted by Gasteiger charge is 2.61. The first kappa shape index (κ1) is 24.0. The fourth-order valence-electron chi connectivity index (χ4n) is 5.79. The molecule has 2 heterocycles. The van der Waals surface area contributed by atoms with E-state index in [0.717, 1.165) is 11.3 Å². The summed E-state index contributed by atoms with van der Waals surface area (Å²) in [5.74, 6) is -0.916. The molecule has 1 aliphatic heterocycles. The second-order valence-corrected chi connectivity index (χ2v) is 10.8. The molecular formula is C26H18Cl2N6OS. The van der Waals surface area contributed by atoms with Crippen molar-refractivity contribution < 1.29 is 0 Å². The topological polar surface area (TPSA) is 142 Å². The maximum atomic E-state index is 12.5. The number of hydrogen-bond donors (Lipinski definition) is 3. The van der Waals surface area contributed by atoms with Gasteiger partial charge in [0.15, 0.2) is 5.41 Å². The van der Waals surface area contributed by atoms with Crippen molar-refractivity contribution >= 4 is 40.4 Å². The van der Waals surface area contributed by atoms with Crippen molar-refractivity contribution in [2.75, 3.05) is 5.32 Å². The van der Waals surface area contributed by atoms with Gasteiger partial charge in [-0.3, -0.25) is 9.78 Å². The van der Waals surface area contributed by atoms with E-state index in [1.54, 1.807) is 48.5 Å². The molecule has 7 nitrogen and oxygen atoms in total. The van der Waals surface area contributed by atoms with Crippen LogP contribution in [-0.2, 0) is 5.41 Å². The number of halogens is 2. The van der Waals surface area contributed by atoms with Crippen LogP contribution in [-0.4, -0.2) is 4.98 Å². The number of fused-ring (bicyclic) bond motifs is 2. The largest absolute Gasteiger partial charge is 0.384 e. The summed E-state index contributed by atoms with van der Waals surface area (Å²) in [7, 11) is 0. The molecule has 4 N–H and O–H groups in total. The minimum absolute atomic E-state index is 0.122. The lowest BCUT2D eigenvalue weighted by Gasteiger charge is -2.51. The predicted octanol–water partition coefficient (Wildman–Crippen LogP) is 5.50. The highest BCUT2D eigenvalue weighted by atomic mass is 35.5. The zero-order chi connectivity index (χ0) is 25.7. The lowest BCUT2D eigenvalue weighted by atomic mass is 9.49. The van der Waals surface area contributed by atoms with Crippen molar-refractivity contribution in [3.8, 4) is 18.2 Å². The van der Waals surface area contributed by atoms with Crippen LogP contribution >= 0.6 is 34.5 Å². The van der Waals surface area contributed by atoms with Gasteiger partial charge in [-0.15, -0.1) is 0 Å². The van der Waals surface area contributed by atoms with Gasteiger partial charge in [0.05, 0.1) is 28.7 Å². The second kappa shape index (κ2) is 8.73. The van der Waals surface area contributed by atoms with Crippen LogP contribution in [0.15, 0.2) is 64.7 Å². The van der Waals surface area contributed by atoms with Crippen LogP contribution in [0.25, 0.3) is 0 Å². The molecule has 0 radical (unpaired) electrons. The van der Waals surface area contributed by atoms with Gasteiger partial charge < -0.3 is 11.1 Å². The molecule has 0 amide bonds. The highest BCUT2D eigenvalue weighted by Crippen LogP contribution is 2.65. The number of nitriles is 3. The van der Waals surface area contributed by atoms with Gasteiger partial charge in [0.1, 0.15) is 11.6 Å². The highest BCUT2D eigenvalue weighted by molar-refractivity contribution is 7.10. The summed E-state index contributed by atoms with van der Waals surface area (Å²) in [5, 5.41) is 35.3. The van der Waals surface area contributed by atoms with Crippen molar-refractivity contribution in [3.05, 3.63) is 95.6 Å². The van der Waals surface area contributed by atoms with Crippen molar-refractivity contribution in [1.82, 2.24) is 4.98 Å². The van der Waals surface area contributed by atoms with E-state index in [4.69, 9.17) is 28.9 Å². The molecule has 5 rings (SSSR count). The number of hydrogen-bond acceptors (Lipinski definition) is 7. The van der Waals surface area contributed by atoms with Crippen LogP contribution in [0.4, 0.5) is 5.82 Å². The average Bonchev–Trinajstić information content (AvgIpc) is 3.25.